The van der Waals surface area contributed by atoms with E-state index in [1.165, 1.54) is 45.0 Å². The van der Waals surface area contributed by atoms with Gasteiger partial charge in [0.05, 0.1) is 107 Å². The molecule has 0 aliphatic carbocycles. The minimum absolute atomic E-state index is 0.0451. The molecule has 67 heavy (non-hydrogen) atoms. The van der Waals surface area contributed by atoms with E-state index in [-0.39, 0.29) is 25.3 Å². The van der Waals surface area contributed by atoms with Crippen LogP contribution in [0.3, 0.4) is 0 Å². The highest BCUT2D eigenvalue weighted by molar-refractivity contribution is 5.91. The lowest BCUT2D eigenvalue weighted by atomic mass is 9.83. The second kappa shape index (κ2) is 21.9. The lowest BCUT2D eigenvalue weighted by molar-refractivity contribution is -0.941. The fourth-order valence-corrected chi connectivity index (χ4v) is 10.6. The van der Waals surface area contributed by atoms with Crippen molar-refractivity contribution in [2.45, 2.75) is 85.2 Å². The molecule has 362 valence electrons. The molecule has 0 spiro atoms. The first-order chi connectivity index (χ1) is 32.0. The number of methoxy groups -OCH3 is 6. The summed E-state index contributed by atoms with van der Waals surface area (Å²) < 4.78 is 47.9. The second-order valence-electron chi connectivity index (χ2n) is 18.9. The van der Waals surface area contributed by atoms with Crippen LogP contribution in [-0.2, 0) is 44.7 Å². The summed E-state index contributed by atoms with van der Waals surface area (Å²) in [5, 5.41) is 0. The summed E-state index contributed by atoms with van der Waals surface area (Å²) in [4.78, 5) is 25.8. The first kappa shape index (κ1) is 50.7. The van der Waals surface area contributed by atoms with Gasteiger partial charge in [-0.3, -0.25) is 0 Å². The van der Waals surface area contributed by atoms with Crippen LogP contribution < -0.4 is 28.4 Å². The molecule has 2 heterocycles. The maximum Gasteiger partial charge on any atom is 0.331 e. The maximum absolute atomic E-state index is 12.9. The van der Waals surface area contributed by atoms with Crippen molar-refractivity contribution >= 4 is 11.9 Å². The number of benzene rings is 4. The van der Waals surface area contributed by atoms with Crippen LogP contribution in [0.25, 0.3) is 0 Å². The Kier molecular flexibility index (Phi) is 16.6. The van der Waals surface area contributed by atoms with Gasteiger partial charge < -0.3 is 46.9 Å². The molecule has 0 aromatic heterocycles. The standard InChI is InChI=1S/C55H74N2O10/c1-35-16-17-40(28-36(35)2)31-44-50-42(30-37(3)39(5)53(50)63-11)20-24-56(44,6)22-14-26-66-48(58)18-19-49(59)67-27-15-23-57(7)25-21-43-34-47(61-9)54(64-12)55(65-13)51(43)45(57)32-41-29-38(4)52(62-10)46(33-41)60-8/h16-19,28-30,33-34,44-45H,14-15,20-27,31-32H2,1-13H3/q+2/b19-18+. The first-order valence-corrected chi connectivity index (χ1v) is 23.5. The van der Waals surface area contributed by atoms with Crippen LogP contribution in [0.2, 0.25) is 0 Å². The monoisotopic (exact) mass is 923 g/mol. The van der Waals surface area contributed by atoms with Crippen molar-refractivity contribution in [2.24, 2.45) is 0 Å². The maximum atomic E-state index is 12.9. The molecule has 0 bridgehead atoms. The number of fused-ring (bicyclic) bond motifs is 2. The lowest BCUT2D eigenvalue weighted by Gasteiger charge is -2.46. The molecule has 4 aromatic carbocycles. The molecule has 0 N–H and O–H groups in total. The third-order valence-corrected chi connectivity index (χ3v) is 14.7. The summed E-state index contributed by atoms with van der Waals surface area (Å²) in [5.74, 6) is 3.05. The lowest BCUT2D eigenvalue weighted by Crippen LogP contribution is -2.53. The Morgan fingerprint density at radius 1 is 0.537 bits per heavy atom. The smallest absolute Gasteiger partial charge is 0.331 e. The van der Waals surface area contributed by atoms with Crippen LogP contribution in [0.4, 0.5) is 0 Å². The Morgan fingerprint density at radius 3 is 1.55 bits per heavy atom. The van der Waals surface area contributed by atoms with Gasteiger partial charge in [-0.15, -0.1) is 0 Å². The average Bonchev–Trinajstić information content (AvgIpc) is 3.31. The number of nitrogens with zero attached hydrogens (tertiary/aromatic N) is 2. The fraction of sp³-hybridized carbons (Fsp3) is 0.491. The zero-order valence-corrected chi connectivity index (χ0v) is 42.3. The number of likely N-dealkylation sites (N-methyl/N-ethyl adjacent to an activating group) is 2. The van der Waals surface area contributed by atoms with Crippen LogP contribution in [0.15, 0.2) is 54.6 Å². The predicted molar refractivity (Wildman–Crippen MR) is 261 cm³/mol. The van der Waals surface area contributed by atoms with Gasteiger partial charge in [0.2, 0.25) is 5.75 Å². The third kappa shape index (κ3) is 11.0. The van der Waals surface area contributed by atoms with Crippen molar-refractivity contribution in [1.82, 2.24) is 0 Å². The van der Waals surface area contributed by atoms with Crippen LogP contribution in [0.1, 0.15) is 86.1 Å². The number of ether oxygens (including phenoxy) is 8. The van der Waals surface area contributed by atoms with E-state index < -0.39 is 11.9 Å². The van der Waals surface area contributed by atoms with Crippen molar-refractivity contribution in [3.05, 3.63) is 116 Å². The molecule has 0 fully saturated rings. The summed E-state index contributed by atoms with van der Waals surface area (Å²) in [5.41, 5.74) is 13.2. The minimum atomic E-state index is -0.585. The Balaban J connectivity index is 1.07. The van der Waals surface area contributed by atoms with Gasteiger partial charge in [0.15, 0.2) is 23.0 Å². The summed E-state index contributed by atoms with van der Waals surface area (Å²) in [7, 11) is 14.6. The normalized spacial score (nSPS) is 19.8. The summed E-state index contributed by atoms with van der Waals surface area (Å²) in [6.45, 7) is 14.4. The molecule has 12 heteroatoms. The number of hydrogen-bond donors (Lipinski definition) is 0. The van der Waals surface area contributed by atoms with Crippen molar-refractivity contribution in [1.29, 1.82) is 0 Å². The van der Waals surface area contributed by atoms with Crippen LogP contribution in [0, 0.1) is 34.6 Å². The van der Waals surface area contributed by atoms with Crippen LogP contribution >= 0.6 is 0 Å². The van der Waals surface area contributed by atoms with E-state index in [1.807, 2.05) is 13.0 Å². The largest absolute Gasteiger partial charge is 0.496 e. The third-order valence-electron chi connectivity index (χ3n) is 14.7. The SMILES string of the molecule is COc1cc(CC2c3c(cc(OC)c(OC)c3OC)CC[N+]2(C)CCCOC(=O)/C=C/C(=O)OCCC[N+]2(C)CCc3cc(C)c(C)c(OC)c3C2Cc2ccc(C)c(C)c2)cc(C)c1OC. The summed E-state index contributed by atoms with van der Waals surface area (Å²) in [6, 6.07) is 15.5. The topological polar surface area (TPSA) is 108 Å². The van der Waals surface area contributed by atoms with Crippen LogP contribution in [0.5, 0.6) is 34.5 Å². The summed E-state index contributed by atoms with van der Waals surface area (Å²) >= 11 is 0. The quantitative estimate of drug-likeness (QED) is 0.0369. The van der Waals surface area contributed by atoms with Gasteiger partial charge in [0.25, 0.3) is 0 Å². The highest BCUT2D eigenvalue weighted by Gasteiger charge is 2.44. The molecule has 0 saturated heterocycles. The second-order valence-corrected chi connectivity index (χ2v) is 18.9. The number of rotatable bonds is 20. The molecule has 2 aliphatic heterocycles. The highest BCUT2D eigenvalue weighted by Crippen LogP contribution is 2.51. The van der Waals surface area contributed by atoms with E-state index in [4.69, 9.17) is 37.9 Å². The molecule has 0 saturated carbocycles. The van der Waals surface area contributed by atoms with E-state index in [0.29, 0.717) is 59.0 Å². The molecule has 4 unspecified atom stereocenters. The van der Waals surface area contributed by atoms with Crippen molar-refractivity contribution in [3.8, 4) is 34.5 Å². The van der Waals surface area contributed by atoms with E-state index in [9.17, 15) is 9.59 Å². The van der Waals surface area contributed by atoms with E-state index in [0.717, 1.165) is 77.5 Å². The number of quaternary nitrogens is 2. The highest BCUT2D eigenvalue weighted by atomic mass is 16.5. The molecule has 4 aromatic rings. The van der Waals surface area contributed by atoms with Crippen LogP contribution in [-0.4, -0.2) is 117 Å². The number of carbonyl (C=O) groups is 2. The van der Waals surface area contributed by atoms with E-state index in [2.05, 4.69) is 78.2 Å². The molecule has 0 amide bonds. The van der Waals surface area contributed by atoms with E-state index >= 15 is 0 Å². The van der Waals surface area contributed by atoms with Crippen molar-refractivity contribution in [2.75, 3.05) is 96.1 Å². The van der Waals surface area contributed by atoms with Gasteiger partial charge in [-0.05, 0) is 96.8 Å². The average molecular weight is 923 g/mol. The van der Waals surface area contributed by atoms with Gasteiger partial charge in [-0.2, -0.15) is 0 Å². The fourth-order valence-electron chi connectivity index (χ4n) is 10.6. The molecule has 6 rings (SSSR count). The van der Waals surface area contributed by atoms with Gasteiger partial charge in [0, 0.05) is 50.7 Å². The van der Waals surface area contributed by atoms with Crippen molar-refractivity contribution < 1.29 is 56.5 Å². The number of esters is 2. The first-order valence-electron chi connectivity index (χ1n) is 23.5. The molecular formula is C55H74N2O10+2. The molecular weight excluding hydrogens is 849 g/mol. The van der Waals surface area contributed by atoms with Gasteiger partial charge in [0.1, 0.15) is 17.8 Å². The Labute approximate surface area is 398 Å². The molecule has 2 aliphatic rings. The number of carbonyl (C=O) groups excluding carboxylic acids is 2. The predicted octanol–water partition coefficient (Wildman–Crippen LogP) is 8.98. The molecule has 4 atom stereocenters. The molecule has 0 radical (unpaired) electrons. The Morgan fingerprint density at radius 2 is 1.03 bits per heavy atom. The van der Waals surface area contributed by atoms with Gasteiger partial charge >= 0.3 is 11.9 Å². The zero-order chi connectivity index (χ0) is 48.6. The number of aryl methyl sites for hydroxylation is 4. The van der Waals surface area contributed by atoms with Gasteiger partial charge in [-0.25, -0.2) is 9.59 Å². The Hall–Kier alpha value is -5.72. The Bertz CT molecular complexity index is 2460. The number of hydrogen-bond acceptors (Lipinski definition) is 10. The van der Waals surface area contributed by atoms with Crippen molar-refractivity contribution in [3.63, 3.8) is 0 Å². The molecule has 12 nitrogen and oxygen atoms in total. The minimum Gasteiger partial charge on any atom is -0.496 e. The summed E-state index contributed by atoms with van der Waals surface area (Å²) in [6.07, 6.45) is 6.89. The zero-order valence-electron chi connectivity index (χ0n) is 42.3. The van der Waals surface area contributed by atoms with Gasteiger partial charge in [-0.1, -0.05) is 30.3 Å². The van der Waals surface area contributed by atoms with E-state index in [1.54, 1.807) is 42.7 Å².